The number of amides is 3. The van der Waals surface area contributed by atoms with Gasteiger partial charge >= 0.3 is 0 Å². The van der Waals surface area contributed by atoms with Gasteiger partial charge in [-0.15, -0.1) is 11.3 Å². The maximum Gasteiger partial charge on any atom is 0.293 e. The molecule has 4 rings (SSSR count). The predicted molar refractivity (Wildman–Crippen MR) is 109 cm³/mol. The van der Waals surface area contributed by atoms with E-state index in [1.807, 2.05) is 52.5 Å². The fourth-order valence-electron chi connectivity index (χ4n) is 2.79. The highest BCUT2D eigenvalue weighted by atomic mass is 32.2. The van der Waals surface area contributed by atoms with Crippen LogP contribution in [0.25, 0.3) is 11.0 Å². The molecule has 28 heavy (non-hydrogen) atoms. The number of hydrogen-bond donors (Lipinski definition) is 1. The Balaban J connectivity index is 1.30. The van der Waals surface area contributed by atoms with Gasteiger partial charge in [0.15, 0.2) is 4.96 Å². The van der Waals surface area contributed by atoms with Crippen molar-refractivity contribution in [2.45, 2.75) is 6.42 Å². The maximum absolute atomic E-state index is 12.4. The van der Waals surface area contributed by atoms with Crippen LogP contribution in [-0.4, -0.2) is 44.4 Å². The van der Waals surface area contributed by atoms with Crippen molar-refractivity contribution in [1.29, 1.82) is 0 Å². The minimum Gasteiger partial charge on any atom is -0.354 e. The number of thiazole rings is 1. The lowest BCUT2D eigenvalue weighted by atomic mass is 10.2. The summed E-state index contributed by atoms with van der Waals surface area (Å²) in [5.41, 5.74) is 1.54. The van der Waals surface area contributed by atoms with Crippen molar-refractivity contribution in [3.63, 3.8) is 0 Å². The number of imide groups is 1. The van der Waals surface area contributed by atoms with Gasteiger partial charge in [0.2, 0.25) is 5.91 Å². The molecule has 7 nitrogen and oxygen atoms in total. The Bertz CT molecular complexity index is 1040. The van der Waals surface area contributed by atoms with Crippen LogP contribution < -0.4 is 5.32 Å². The summed E-state index contributed by atoms with van der Waals surface area (Å²) in [6.07, 6.45) is 5.56. The van der Waals surface area contributed by atoms with Crippen molar-refractivity contribution >= 4 is 51.2 Å². The summed E-state index contributed by atoms with van der Waals surface area (Å²) in [5, 5.41) is 4.34. The summed E-state index contributed by atoms with van der Waals surface area (Å²) in [6, 6.07) is 9.37. The normalized spacial score (nSPS) is 15.7. The van der Waals surface area contributed by atoms with E-state index in [2.05, 4.69) is 10.3 Å². The molecule has 1 aliphatic heterocycles. The van der Waals surface area contributed by atoms with E-state index in [0.29, 0.717) is 10.6 Å². The lowest BCUT2D eigenvalue weighted by Crippen LogP contribution is -2.37. The number of rotatable bonds is 6. The summed E-state index contributed by atoms with van der Waals surface area (Å²) in [7, 11) is 0. The van der Waals surface area contributed by atoms with Gasteiger partial charge in [-0.3, -0.25) is 23.7 Å². The topological polar surface area (TPSA) is 83.8 Å². The average molecular weight is 412 g/mol. The Morgan fingerprint density at radius 1 is 1.21 bits per heavy atom. The monoisotopic (exact) mass is 412 g/mol. The first-order chi connectivity index (χ1) is 13.6. The molecule has 3 heterocycles. The first-order valence-corrected chi connectivity index (χ1v) is 10.3. The number of imidazole rings is 1. The van der Waals surface area contributed by atoms with E-state index in [-0.39, 0.29) is 36.6 Å². The number of carbonyl (C=O) groups excluding carboxylic acids is 3. The molecule has 142 valence electrons. The van der Waals surface area contributed by atoms with Crippen LogP contribution in [0.3, 0.4) is 0 Å². The van der Waals surface area contributed by atoms with E-state index in [0.717, 1.165) is 27.2 Å². The zero-order chi connectivity index (χ0) is 19.5. The number of fused-ring (bicyclic) bond motifs is 1. The summed E-state index contributed by atoms with van der Waals surface area (Å²) < 4.78 is 1.87. The Kier molecular flexibility index (Phi) is 5.27. The van der Waals surface area contributed by atoms with Gasteiger partial charge in [-0.05, 0) is 23.4 Å². The standard InChI is InChI=1S/C19H16N4O3S2/c24-16(11-14-12-22-8-9-27-18(22)21-14)20-6-7-23-17(25)15(28-19(23)26)10-13-4-2-1-3-5-13/h1-5,8-10,12H,6-7,11H2,(H,20,24)/b15-10+. The second-order valence-corrected chi connectivity index (χ2v) is 7.96. The summed E-state index contributed by atoms with van der Waals surface area (Å²) >= 11 is 2.42. The first-order valence-electron chi connectivity index (χ1n) is 8.58. The van der Waals surface area contributed by atoms with E-state index in [4.69, 9.17) is 0 Å². The zero-order valence-corrected chi connectivity index (χ0v) is 16.3. The van der Waals surface area contributed by atoms with Crippen LogP contribution in [0.1, 0.15) is 11.3 Å². The smallest absolute Gasteiger partial charge is 0.293 e. The van der Waals surface area contributed by atoms with Crippen molar-refractivity contribution in [2.75, 3.05) is 13.1 Å². The second-order valence-electron chi connectivity index (χ2n) is 6.10. The molecule has 3 aromatic rings. The van der Waals surface area contributed by atoms with Crippen molar-refractivity contribution < 1.29 is 14.4 Å². The molecule has 0 spiro atoms. The first kappa shape index (κ1) is 18.5. The number of carbonyl (C=O) groups is 3. The van der Waals surface area contributed by atoms with E-state index in [9.17, 15) is 14.4 Å². The molecule has 0 radical (unpaired) electrons. The molecule has 9 heteroatoms. The highest BCUT2D eigenvalue weighted by Gasteiger charge is 2.34. The third kappa shape index (κ3) is 4.00. The minimum absolute atomic E-state index is 0.140. The molecule has 1 N–H and O–H groups in total. The quantitative estimate of drug-likeness (QED) is 0.630. The number of benzene rings is 1. The van der Waals surface area contributed by atoms with E-state index in [1.54, 1.807) is 6.08 Å². The third-order valence-corrected chi connectivity index (χ3v) is 5.79. The molecule has 0 bridgehead atoms. The lowest BCUT2D eigenvalue weighted by molar-refractivity contribution is -0.124. The van der Waals surface area contributed by atoms with Gasteiger partial charge in [-0.2, -0.15) is 0 Å². The minimum atomic E-state index is -0.331. The molecular formula is C19H16N4O3S2. The van der Waals surface area contributed by atoms with Gasteiger partial charge in [0.05, 0.1) is 17.0 Å². The number of nitrogens with one attached hydrogen (secondary N) is 1. The van der Waals surface area contributed by atoms with Crippen LogP contribution in [0.15, 0.2) is 53.0 Å². The van der Waals surface area contributed by atoms with Gasteiger partial charge in [-0.25, -0.2) is 4.98 Å². The predicted octanol–water partition coefficient (Wildman–Crippen LogP) is 2.79. The number of thioether (sulfide) groups is 1. The lowest BCUT2D eigenvalue weighted by Gasteiger charge is -2.12. The number of nitrogens with zero attached hydrogens (tertiary/aromatic N) is 3. The van der Waals surface area contributed by atoms with Gasteiger partial charge in [0.1, 0.15) is 0 Å². The van der Waals surface area contributed by atoms with Gasteiger partial charge < -0.3 is 5.32 Å². The molecule has 1 aliphatic rings. The molecular weight excluding hydrogens is 396 g/mol. The molecule has 1 saturated heterocycles. The molecule has 2 aromatic heterocycles. The second kappa shape index (κ2) is 7.99. The molecule has 1 aromatic carbocycles. The Morgan fingerprint density at radius 2 is 2.04 bits per heavy atom. The van der Waals surface area contributed by atoms with Crippen molar-refractivity contribution in [1.82, 2.24) is 19.6 Å². The van der Waals surface area contributed by atoms with Crippen LogP contribution >= 0.6 is 23.1 Å². The van der Waals surface area contributed by atoms with Crippen molar-refractivity contribution in [2.24, 2.45) is 0 Å². The third-order valence-electron chi connectivity index (χ3n) is 4.11. The van der Waals surface area contributed by atoms with Gasteiger partial charge in [-0.1, -0.05) is 30.3 Å². The highest BCUT2D eigenvalue weighted by Crippen LogP contribution is 2.31. The van der Waals surface area contributed by atoms with Crippen LogP contribution in [-0.2, 0) is 16.0 Å². The fraction of sp³-hybridized carbons (Fsp3) is 0.158. The van der Waals surface area contributed by atoms with Crippen LogP contribution in [0, 0.1) is 0 Å². The van der Waals surface area contributed by atoms with E-state index in [1.165, 1.54) is 11.3 Å². The molecule has 0 aliphatic carbocycles. The molecule has 1 fully saturated rings. The molecule has 0 atom stereocenters. The molecule has 0 saturated carbocycles. The number of hydrogen-bond acceptors (Lipinski definition) is 6. The van der Waals surface area contributed by atoms with E-state index >= 15 is 0 Å². The van der Waals surface area contributed by atoms with E-state index < -0.39 is 0 Å². The van der Waals surface area contributed by atoms with Crippen LogP contribution in [0.5, 0.6) is 0 Å². The fourth-order valence-corrected chi connectivity index (χ4v) is 4.37. The van der Waals surface area contributed by atoms with Crippen LogP contribution in [0.4, 0.5) is 4.79 Å². The van der Waals surface area contributed by atoms with Crippen LogP contribution in [0.2, 0.25) is 0 Å². The molecule has 0 unspecified atom stereocenters. The number of aromatic nitrogens is 2. The van der Waals surface area contributed by atoms with Crippen molar-refractivity contribution in [3.05, 3.63) is 64.3 Å². The Hall–Kier alpha value is -2.91. The summed E-state index contributed by atoms with van der Waals surface area (Å²) in [5.74, 6) is -0.528. The maximum atomic E-state index is 12.4. The van der Waals surface area contributed by atoms with Gasteiger partial charge in [0.25, 0.3) is 11.1 Å². The summed E-state index contributed by atoms with van der Waals surface area (Å²) in [4.78, 5) is 43.4. The average Bonchev–Trinajstić information content (AvgIpc) is 3.32. The highest BCUT2D eigenvalue weighted by molar-refractivity contribution is 8.18. The van der Waals surface area contributed by atoms with Crippen molar-refractivity contribution in [3.8, 4) is 0 Å². The SMILES string of the molecule is O=C(Cc1cn2ccsc2n1)NCCN1C(=O)S/C(=C/c2ccccc2)C1=O. The zero-order valence-electron chi connectivity index (χ0n) is 14.7. The molecule has 3 amide bonds. The largest absolute Gasteiger partial charge is 0.354 e. The van der Waals surface area contributed by atoms with Gasteiger partial charge in [0, 0.05) is 30.9 Å². The summed E-state index contributed by atoms with van der Waals surface area (Å²) in [6.45, 7) is 0.346. The Morgan fingerprint density at radius 3 is 2.82 bits per heavy atom. The Labute approximate surface area is 169 Å².